The van der Waals surface area contributed by atoms with Crippen LogP contribution in [0.15, 0.2) is 29.4 Å². The van der Waals surface area contributed by atoms with Crippen LogP contribution in [0.2, 0.25) is 0 Å². The molecule has 1 N–H and O–H groups in total. The van der Waals surface area contributed by atoms with E-state index in [-0.39, 0.29) is 11.1 Å². The van der Waals surface area contributed by atoms with E-state index in [0.29, 0.717) is 17.9 Å². The van der Waals surface area contributed by atoms with Crippen molar-refractivity contribution in [1.29, 1.82) is 0 Å². The van der Waals surface area contributed by atoms with Gasteiger partial charge in [0.1, 0.15) is 0 Å². The molecule has 0 saturated heterocycles. The van der Waals surface area contributed by atoms with Crippen molar-refractivity contribution in [1.82, 2.24) is 0 Å². The van der Waals surface area contributed by atoms with Gasteiger partial charge in [-0.25, -0.2) is 9.59 Å². The lowest BCUT2D eigenvalue weighted by atomic mass is 10.2. The van der Waals surface area contributed by atoms with E-state index in [1.807, 2.05) is 0 Å². The summed E-state index contributed by atoms with van der Waals surface area (Å²) in [6.45, 7) is 2.01. The molecule has 1 rings (SSSR count). The number of nitrogens with zero attached hydrogens (tertiary/aromatic N) is 1. The second kappa shape index (κ2) is 8.39. The minimum atomic E-state index is -0.822. The van der Waals surface area contributed by atoms with Crippen LogP contribution in [0.1, 0.15) is 17.3 Å². The second-order valence-electron chi connectivity index (χ2n) is 3.40. The van der Waals surface area contributed by atoms with E-state index in [2.05, 4.69) is 15.3 Å². The van der Waals surface area contributed by atoms with Gasteiger partial charge in [0.05, 0.1) is 18.1 Å². The number of hydrogen-bond donors (Lipinski definition) is 1. The standard InChI is InChI=1S/C12H12Cl2N2O4/c1-2-19-11(17)8-3-5-9(6-4-8)15-12(18)20-16-10(14)7-13/h3-6H,2,7H2,1H3,(H,15,18)/b16-10+. The maximum atomic E-state index is 11.4. The topological polar surface area (TPSA) is 77.0 Å². The van der Waals surface area contributed by atoms with Gasteiger partial charge in [0.25, 0.3) is 0 Å². The van der Waals surface area contributed by atoms with Gasteiger partial charge >= 0.3 is 12.1 Å². The lowest BCUT2D eigenvalue weighted by molar-refractivity contribution is 0.0526. The van der Waals surface area contributed by atoms with Crippen LogP contribution in [0.5, 0.6) is 0 Å². The maximum Gasteiger partial charge on any atom is 0.437 e. The van der Waals surface area contributed by atoms with Crippen molar-refractivity contribution in [2.45, 2.75) is 6.92 Å². The molecule has 0 radical (unpaired) electrons. The van der Waals surface area contributed by atoms with Crippen LogP contribution in [0.3, 0.4) is 0 Å². The molecule has 0 heterocycles. The van der Waals surface area contributed by atoms with Crippen molar-refractivity contribution < 1.29 is 19.2 Å². The van der Waals surface area contributed by atoms with Gasteiger partial charge in [0.15, 0.2) is 5.17 Å². The molecular formula is C12H12Cl2N2O4. The third-order valence-electron chi connectivity index (χ3n) is 1.98. The summed E-state index contributed by atoms with van der Waals surface area (Å²) in [6, 6.07) is 6.09. The SMILES string of the molecule is CCOC(=O)c1ccc(NC(=O)O/N=C(/Cl)CCl)cc1. The first-order valence-electron chi connectivity index (χ1n) is 5.60. The lowest BCUT2D eigenvalue weighted by Crippen LogP contribution is -2.12. The number of anilines is 1. The highest BCUT2D eigenvalue weighted by Gasteiger charge is 2.07. The molecule has 0 unspecified atom stereocenters. The van der Waals surface area contributed by atoms with E-state index < -0.39 is 12.1 Å². The highest BCUT2D eigenvalue weighted by molar-refractivity contribution is 6.69. The summed E-state index contributed by atoms with van der Waals surface area (Å²) in [4.78, 5) is 27.2. The van der Waals surface area contributed by atoms with E-state index in [4.69, 9.17) is 27.9 Å². The smallest absolute Gasteiger partial charge is 0.437 e. The molecular weight excluding hydrogens is 307 g/mol. The van der Waals surface area contributed by atoms with Gasteiger partial charge in [0, 0.05) is 5.69 Å². The summed E-state index contributed by atoms with van der Waals surface area (Å²) in [6.07, 6.45) is -0.822. The first-order valence-corrected chi connectivity index (χ1v) is 6.51. The molecule has 1 aromatic carbocycles. The predicted molar refractivity (Wildman–Crippen MR) is 76.5 cm³/mol. The number of carbonyl (C=O) groups is 2. The quantitative estimate of drug-likeness (QED) is 0.297. The van der Waals surface area contributed by atoms with Gasteiger partial charge in [-0.1, -0.05) is 16.8 Å². The molecule has 0 aliphatic heterocycles. The van der Waals surface area contributed by atoms with Crippen LogP contribution >= 0.6 is 23.2 Å². The molecule has 0 bridgehead atoms. The Balaban J connectivity index is 2.57. The zero-order chi connectivity index (χ0) is 15.0. The van der Waals surface area contributed by atoms with E-state index in [1.54, 1.807) is 6.92 Å². The van der Waals surface area contributed by atoms with Crippen molar-refractivity contribution in [2.75, 3.05) is 17.8 Å². The highest BCUT2D eigenvalue weighted by atomic mass is 35.5. The average Bonchev–Trinajstić information content (AvgIpc) is 2.45. The normalized spacial score (nSPS) is 10.8. The summed E-state index contributed by atoms with van der Waals surface area (Å²) in [5.41, 5.74) is 0.814. The number of halogens is 2. The minimum Gasteiger partial charge on any atom is -0.462 e. The molecule has 0 aliphatic rings. The first-order chi connectivity index (χ1) is 9.56. The number of esters is 1. The Morgan fingerprint density at radius 1 is 1.30 bits per heavy atom. The van der Waals surface area contributed by atoms with Crippen LogP contribution in [-0.4, -0.2) is 29.7 Å². The van der Waals surface area contributed by atoms with Gasteiger partial charge in [0.2, 0.25) is 0 Å². The predicted octanol–water partition coefficient (Wildman–Crippen LogP) is 3.20. The summed E-state index contributed by atoms with van der Waals surface area (Å²) in [5, 5.41) is 5.63. The molecule has 8 heteroatoms. The van der Waals surface area contributed by atoms with Gasteiger partial charge in [-0.15, -0.1) is 11.6 Å². The summed E-state index contributed by atoms with van der Waals surface area (Å²) in [7, 11) is 0. The molecule has 0 saturated carbocycles. The number of carbonyl (C=O) groups excluding carboxylic acids is 2. The average molecular weight is 319 g/mol. The Labute approximate surface area is 125 Å². The molecule has 0 atom stereocenters. The Morgan fingerprint density at radius 2 is 1.95 bits per heavy atom. The van der Waals surface area contributed by atoms with Crippen molar-refractivity contribution >= 4 is 46.1 Å². The van der Waals surface area contributed by atoms with Gasteiger partial charge < -0.3 is 4.74 Å². The largest absolute Gasteiger partial charge is 0.462 e. The molecule has 1 amide bonds. The summed E-state index contributed by atoms with van der Waals surface area (Å²) in [5.74, 6) is -0.483. The number of alkyl halides is 1. The van der Waals surface area contributed by atoms with Crippen LogP contribution in [0.25, 0.3) is 0 Å². The molecule has 108 valence electrons. The third-order valence-corrected chi connectivity index (χ3v) is 2.57. The molecule has 0 aliphatic carbocycles. The molecule has 20 heavy (non-hydrogen) atoms. The van der Waals surface area contributed by atoms with Crippen LogP contribution in [0, 0.1) is 0 Å². The number of hydrogen-bond acceptors (Lipinski definition) is 5. The number of benzene rings is 1. The maximum absolute atomic E-state index is 11.4. The van der Waals surface area contributed by atoms with Crippen molar-refractivity contribution in [3.63, 3.8) is 0 Å². The van der Waals surface area contributed by atoms with E-state index >= 15 is 0 Å². The van der Waals surface area contributed by atoms with E-state index in [1.165, 1.54) is 24.3 Å². The lowest BCUT2D eigenvalue weighted by Gasteiger charge is -2.04. The molecule has 0 fully saturated rings. The van der Waals surface area contributed by atoms with Gasteiger partial charge in [-0.05, 0) is 31.2 Å². The molecule has 1 aromatic rings. The zero-order valence-corrected chi connectivity index (χ0v) is 12.1. The highest BCUT2D eigenvalue weighted by Crippen LogP contribution is 2.11. The molecule has 0 spiro atoms. The third kappa shape index (κ3) is 5.46. The van der Waals surface area contributed by atoms with E-state index in [9.17, 15) is 9.59 Å². The fraction of sp³-hybridized carbons (Fsp3) is 0.250. The fourth-order valence-electron chi connectivity index (χ4n) is 1.16. The summed E-state index contributed by atoms with van der Waals surface area (Å²) < 4.78 is 4.83. The van der Waals surface area contributed by atoms with Gasteiger partial charge in [-0.3, -0.25) is 10.2 Å². The number of ether oxygens (including phenoxy) is 1. The van der Waals surface area contributed by atoms with Crippen LogP contribution < -0.4 is 5.32 Å². The Hall–Kier alpha value is -1.79. The van der Waals surface area contributed by atoms with Crippen molar-refractivity contribution in [2.24, 2.45) is 5.16 Å². The minimum absolute atomic E-state index is 0.0422. The van der Waals surface area contributed by atoms with Crippen molar-refractivity contribution in [3.05, 3.63) is 29.8 Å². The number of oxime groups is 1. The van der Waals surface area contributed by atoms with Gasteiger partial charge in [-0.2, -0.15) is 0 Å². The zero-order valence-electron chi connectivity index (χ0n) is 10.6. The Morgan fingerprint density at radius 3 is 2.50 bits per heavy atom. The fourth-order valence-corrected chi connectivity index (χ4v) is 1.24. The van der Waals surface area contributed by atoms with Crippen LogP contribution in [-0.2, 0) is 9.57 Å². The second-order valence-corrected chi connectivity index (χ2v) is 4.11. The first kappa shape index (κ1) is 16.3. The Kier molecular flexibility index (Phi) is 6.83. The number of nitrogens with one attached hydrogen (secondary N) is 1. The molecule has 0 aromatic heterocycles. The number of rotatable bonds is 5. The number of amides is 1. The monoisotopic (exact) mass is 318 g/mol. The molecule has 6 nitrogen and oxygen atoms in total. The van der Waals surface area contributed by atoms with E-state index in [0.717, 1.165) is 0 Å². The van der Waals surface area contributed by atoms with Crippen molar-refractivity contribution in [3.8, 4) is 0 Å². The van der Waals surface area contributed by atoms with Crippen LogP contribution in [0.4, 0.5) is 10.5 Å². The summed E-state index contributed by atoms with van der Waals surface area (Å²) >= 11 is 10.8. The Bertz CT molecular complexity index is 503.